The molecule has 1 N–H and O–H groups in total. The number of fused-ring (bicyclic) bond motifs is 3. The largest absolute Gasteiger partial charge is 0.435 e. The number of nitrogens with zero attached hydrogens (tertiary/aromatic N) is 2. The van der Waals surface area contributed by atoms with Gasteiger partial charge in [0.05, 0.1) is 44.3 Å². The summed E-state index contributed by atoms with van der Waals surface area (Å²) >= 11 is 11.0. The molecule has 1 aliphatic rings. The van der Waals surface area contributed by atoms with Gasteiger partial charge in [-0.1, -0.05) is 41.1 Å². The van der Waals surface area contributed by atoms with E-state index in [-0.39, 0.29) is 50.0 Å². The predicted octanol–water partition coefficient (Wildman–Crippen LogP) is 7.58. The summed E-state index contributed by atoms with van der Waals surface area (Å²) < 4.78 is 95.2. The quantitative estimate of drug-likeness (QED) is 0.169. The molecule has 1 aliphatic heterocycles. The van der Waals surface area contributed by atoms with Gasteiger partial charge in [0, 0.05) is 17.4 Å². The molecule has 0 saturated heterocycles. The maximum atomic E-state index is 14.6. The zero-order valence-corrected chi connectivity index (χ0v) is 24.7. The van der Waals surface area contributed by atoms with Crippen LogP contribution in [0.25, 0.3) is 10.2 Å². The minimum atomic E-state index is -6.30. The highest BCUT2D eigenvalue weighted by Crippen LogP contribution is 2.53. The van der Waals surface area contributed by atoms with Gasteiger partial charge in [-0.3, -0.25) is 19.0 Å². The number of rotatable bonds is 5. The van der Waals surface area contributed by atoms with Crippen molar-refractivity contribution in [2.75, 3.05) is 16.0 Å². The topological polar surface area (TPSA) is 71.4 Å². The minimum absolute atomic E-state index is 0.0335. The molecular formula is C28H19ClF7N3O3S2. The lowest BCUT2D eigenvalue weighted by Crippen LogP contribution is -2.50. The van der Waals surface area contributed by atoms with Crippen molar-refractivity contribution in [1.29, 1.82) is 0 Å². The van der Waals surface area contributed by atoms with Crippen LogP contribution in [0.1, 0.15) is 38.8 Å². The van der Waals surface area contributed by atoms with E-state index in [1.165, 1.54) is 41.3 Å². The summed E-state index contributed by atoms with van der Waals surface area (Å²) in [7, 11) is 0. The van der Waals surface area contributed by atoms with Crippen LogP contribution in [-0.4, -0.2) is 40.5 Å². The molecule has 0 saturated carbocycles. The number of amides is 2. The first kappa shape index (κ1) is 31.9. The average Bonchev–Trinajstić information content (AvgIpc) is 3.25. The fourth-order valence-corrected chi connectivity index (χ4v) is 6.30. The Hall–Kier alpha value is -3.56. The Morgan fingerprint density at radius 2 is 1.64 bits per heavy atom. The summed E-state index contributed by atoms with van der Waals surface area (Å²) in [6.07, 6.45) is -12.6. The molecule has 44 heavy (non-hydrogen) atoms. The summed E-state index contributed by atoms with van der Waals surface area (Å²) in [5, 5.41) is 2.79. The monoisotopic (exact) mass is 677 g/mol. The predicted molar refractivity (Wildman–Crippen MR) is 156 cm³/mol. The van der Waals surface area contributed by atoms with Gasteiger partial charge in [0.25, 0.3) is 11.8 Å². The van der Waals surface area contributed by atoms with E-state index in [0.717, 1.165) is 10.6 Å². The van der Waals surface area contributed by atoms with Crippen molar-refractivity contribution in [1.82, 2.24) is 4.57 Å². The Balaban J connectivity index is 1.59. The fraction of sp³-hybridized carbons (Fsp3) is 0.250. The summed E-state index contributed by atoms with van der Waals surface area (Å²) in [6, 6.07) is 9.98. The highest BCUT2D eigenvalue weighted by molar-refractivity contribution is 7.80. The number of hydrogen-bond donors (Lipinski definition) is 2. The molecule has 4 aromatic rings. The van der Waals surface area contributed by atoms with Gasteiger partial charge in [0.15, 0.2) is 0 Å². The highest BCUT2D eigenvalue weighted by Gasteiger charge is 2.73. The van der Waals surface area contributed by atoms with Crippen molar-refractivity contribution in [3.63, 3.8) is 0 Å². The SMILES string of the molecule is C[C@@H](CS)N1C(=O)c2c(Cl)cccc2C(=O)Nc2ccc(Cn3c(=O)sc4cc(C(F)(C(F)(F)F)C(F)(F)F)ccc43)cc21. The number of carbonyl (C=O) groups excluding carboxylic acids is 2. The van der Waals surface area contributed by atoms with E-state index in [1.54, 1.807) is 6.92 Å². The lowest BCUT2D eigenvalue weighted by Gasteiger charge is -2.33. The number of alkyl halides is 7. The third-order valence-corrected chi connectivity index (χ3v) is 8.94. The van der Waals surface area contributed by atoms with E-state index in [4.69, 9.17) is 11.6 Å². The fourth-order valence-electron chi connectivity index (χ4n) is 4.95. The van der Waals surface area contributed by atoms with Crippen molar-refractivity contribution in [2.24, 2.45) is 0 Å². The Labute approximate surface area is 258 Å². The van der Waals surface area contributed by atoms with Crippen molar-refractivity contribution in [3.8, 4) is 0 Å². The van der Waals surface area contributed by atoms with E-state index in [9.17, 15) is 45.1 Å². The van der Waals surface area contributed by atoms with Gasteiger partial charge in [-0.05, 0) is 48.9 Å². The van der Waals surface area contributed by atoms with Crippen molar-refractivity contribution >= 4 is 69.0 Å². The smallest absolute Gasteiger partial charge is 0.320 e. The number of thiazole rings is 1. The zero-order chi connectivity index (χ0) is 32.4. The van der Waals surface area contributed by atoms with Gasteiger partial charge in [-0.15, -0.1) is 0 Å². The summed E-state index contributed by atoms with van der Waals surface area (Å²) in [5.74, 6) is -0.984. The molecule has 0 radical (unpaired) electrons. The van der Waals surface area contributed by atoms with Crippen LogP contribution in [0.4, 0.5) is 42.1 Å². The van der Waals surface area contributed by atoms with Crippen molar-refractivity contribution < 1.29 is 40.3 Å². The molecule has 0 spiro atoms. The van der Waals surface area contributed by atoms with Gasteiger partial charge in [-0.25, -0.2) is 4.39 Å². The van der Waals surface area contributed by atoms with Crippen LogP contribution in [0.5, 0.6) is 0 Å². The number of hydrogen-bond acceptors (Lipinski definition) is 5. The second-order valence-electron chi connectivity index (χ2n) is 9.97. The Morgan fingerprint density at radius 3 is 2.27 bits per heavy atom. The van der Waals surface area contributed by atoms with Gasteiger partial charge in [0.2, 0.25) is 0 Å². The third kappa shape index (κ3) is 5.13. The number of nitrogens with one attached hydrogen (secondary N) is 1. The molecule has 0 bridgehead atoms. The van der Waals surface area contributed by atoms with Gasteiger partial charge in [-0.2, -0.15) is 39.0 Å². The molecule has 232 valence electrons. The van der Waals surface area contributed by atoms with Crippen LogP contribution >= 0.6 is 35.6 Å². The lowest BCUT2D eigenvalue weighted by molar-refractivity contribution is -0.348. The first-order valence-electron chi connectivity index (χ1n) is 12.6. The van der Waals surface area contributed by atoms with Crippen LogP contribution in [-0.2, 0) is 12.2 Å². The summed E-state index contributed by atoms with van der Waals surface area (Å²) in [6.45, 7) is 1.48. The second-order valence-corrected chi connectivity index (χ2v) is 11.7. The number of benzene rings is 3. The Bertz CT molecular complexity index is 1860. The molecule has 2 heterocycles. The standard InChI is InChI=1S/C28H19ClF7N3O3S2/c1-13(12-43)39-20-9-14(5-7-18(20)37-23(40)16-3-2-4-17(29)22(16)24(39)41)11-38-19-8-6-15(10-21(19)44-25(38)42)26(30,27(31,32)33)28(34,35)36/h2-10,13,43H,11-12H2,1H3,(H,37,40)/t13-/m0/s1. The molecule has 1 atom stereocenters. The number of thiol groups is 1. The highest BCUT2D eigenvalue weighted by atomic mass is 35.5. The molecule has 5 rings (SSSR count). The molecule has 0 fully saturated rings. The van der Waals surface area contributed by atoms with E-state index < -0.39 is 46.3 Å². The molecule has 1 aromatic heterocycles. The normalized spacial score (nSPS) is 15.0. The molecule has 6 nitrogen and oxygen atoms in total. The van der Waals surface area contributed by atoms with Crippen LogP contribution in [0, 0.1) is 0 Å². The Kier molecular flexibility index (Phi) is 8.04. The number of anilines is 2. The van der Waals surface area contributed by atoms with Gasteiger partial charge >= 0.3 is 22.9 Å². The van der Waals surface area contributed by atoms with E-state index >= 15 is 0 Å². The molecule has 3 aromatic carbocycles. The number of aromatic nitrogens is 1. The van der Waals surface area contributed by atoms with Gasteiger partial charge in [0.1, 0.15) is 0 Å². The van der Waals surface area contributed by atoms with Crippen LogP contribution in [0.2, 0.25) is 5.02 Å². The minimum Gasteiger partial charge on any atom is -0.320 e. The van der Waals surface area contributed by atoms with Crippen LogP contribution < -0.4 is 15.1 Å². The maximum Gasteiger partial charge on any atom is 0.435 e. The van der Waals surface area contributed by atoms with Crippen molar-refractivity contribution in [3.05, 3.63) is 91.5 Å². The second kappa shape index (κ2) is 11.1. The summed E-state index contributed by atoms with van der Waals surface area (Å²) in [5.41, 5.74) is -6.49. The first-order valence-corrected chi connectivity index (χ1v) is 14.5. The number of halogens is 8. The molecule has 0 unspecified atom stereocenters. The van der Waals surface area contributed by atoms with Gasteiger partial charge < -0.3 is 10.2 Å². The zero-order valence-electron chi connectivity index (χ0n) is 22.2. The molecule has 16 heteroatoms. The molecular weight excluding hydrogens is 659 g/mol. The van der Waals surface area contributed by atoms with E-state index in [1.807, 2.05) is 0 Å². The van der Waals surface area contributed by atoms with Crippen LogP contribution in [0.3, 0.4) is 0 Å². The number of carbonyl (C=O) groups is 2. The van der Waals surface area contributed by atoms with Crippen molar-refractivity contribution in [2.45, 2.75) is 37.5 Å². The van der Waals surface area contributed by atoms with E-state index in [0.29, 0.717) is 29.0 Å². The van der Waals surface area contributed by atoms with Crippen LogP contribution in [0.15, 0.2) is 59.4 Å². The maximum absolute atomic E-state index is 14.6. The third-order valence-electron chi connectivity index (χ3n) is 7.15. The Morgan fingerprint density at radius 1 is 0.955 bits per heavy atom. The lowest BCUT2D eigenvalue weighted by atomic mass is 9.94. The average molecular weight is 678 g/mol. The molecule has 0 aliphatic carbocycles. The molecule has 2 amide bonds. The van der Waals surface area contributed by atoms with E-state index in [2.05, 4.69) is 17.9 Å². The summed E-state index contributed by atoms with van der Waals surface area (Å²) in [4.78, 5) is 40.4. The first-order chi connectivity index (χ1) is 20.5.